The van der Waals surface area contributed by atoms with E-state index in [1.165, 1.54) is 19.6 Å². The molecule has 1 aromatic carbocycles. The summed E-state index contributed by atoms with van der Waals surface area (Å²) in [6.45, 7) is 5.56. The van der Waals surface area contributed by atoms with Crippen LogP contribution in [0.25, 0.3) is 5.69 Å². The van der Waals surface area contributed by atoms with E-state index in [1.54, 1.807) is 23.1 Å². The van der Waals surface area contributed by atoms with Gasteiger partial charge in [-0.2, -0.15) is 21.7 Å². The smallest absolute Gasteiger partial charge is 0.282 e. The minimum absolute atomic E-state index is 0.144. The second-order valence-corrected chi connectivity index (χ2v) is 9.47. The van der Waals surface area contributed by atoms with Crippen LogP contribution in [0.2, 0.25) is 0 Å². The summed E-state index contributed by atoms with van der Waals surface area (Å²) >= 11 is 0. The number of carbonyl (C=O) groups excluding carboxylic acids is 1. The molecule has 2 saturated heterocycles. The van der Waals surface area contributed by atoms with Crippen molar-refractivity contribution in [2.75, 3.05) is 39.3 Å². The van der Waals surface area contributed by atoms with Gasteiger partial charge in [0.05, 0.1) is 23.5 Å². The lowest BCUT2D eigenvalue weighted by Gasteiger charge is -2.40. The van der Waals surface area contributed by atoms with Gasteiger partial charge in [-0.15, -0.1) is 5.10 Å². The number of hydrogen-bond donors (Lipinski definition) is 0. The topological polar surface area (TPSA) is 114 Å². The van der Waals surface area contributed by atoms with Crippen LogP contribution in [0.15, 0.2) is 30.6 Å². The highest BCUT2D eigenvalue weighted by Gasteiger charge is 2.37. The fourth-order valence-corrected chi connectivity index (χ4v) is 5.65. The van der Waals surface area contributed by atoms with E-state index in [9.17, 15) is 13.2 Å². The maximum absolute atomic E-state index is 13.1. The molecule has 2 unspecified atom stereocenters. The van der Waals surface area contributed by atoms with Crippen LogP contribution in [0.1, 0.15) is 24.2 Å². The molecule has 2 aliphatic heterocycles. The molecule has 0 bridgehead atoms. The van der Waals surface area contributed by atoms with E-state index in [1.807, 2.05) is 19.9 Å². The van der Waals surface area contributed by atoms with Gasteiger partial charge in [0.15, 0.2) is 0 Å². The predicted molar refractivity (Wildman–Crippen MR) is 107 cm³/mol. The molecule has 11 nitrogen and oxygen atoms in total. The number of rotatable bonds is 4. The van der Waals surface area contributed by atoms with Crippen molar-refractivity contribution in [3.63, 3.8) is 0 Å². The molecule has 3 heterocycles. The summed E-state index contributed by atoms with van der Waals surface area (Å²) in [6, 6.07) is 7.08. The zero-order valence-electron chi connectivity index (χ0n) is 17.0. The third kappa shape index (κ3) is 4.08. The molecule has 0 aliphatic carbocycles. The summed E-state index contributed by atoms with van der Waals surface area (Å²) in [5.74, 6) is -0.174. The number of amides is 1. The number of carbonyl (C=O) groups is 1. The normalized spacial score (nSPS) is 24.1. The van der Waals surface area contributed by atoms with Crippen LogP contribution in [-0.2, 0) is 14.9 Å². The van der Waals surface area contributed by atoms with Crippen molar-refractivity contribution < 1.29 is 17.9 Å². The molecule has 2 aromatic rings. The first-order valence-electron chi connectivity index (χ1n) is 9.88. The second-order valence-electron chi connectivity index (χ2n) is 7.54. The summed E-state index contributed by atoms with van der Waals surface area (Å²) in [6.07, 6.45) is 1.14. The summed E-state index contributed by atoms with van der Waals surface area (Å²) < 4.78 is 36.1. The summed E-state index contributed by atoms with van der Waals surface area (Å²) in [5.41, 5.74) is 1.05. The Bertz CT molecular complexity index is 980. The highest BCUT2D eigenvalue weighted by molar-refractivity contribution is 7.86. The van der Waals surface area contributed by atoms with Gasteiger partial charge in [0, 0.05) is 39.3 Å². The molecule has 0 N–H and O–H groups in total. The number of tetrazole rings is 1. The lowest BCUT2D eigenvalue weighted by Crippen LogP contribution is -2.57. The average molecular weight is 436 g/mol. The Morgan fingerprint density at radius 1 is 1.03 bits per heavy atom. The molecule has 30 heavy (non-hydrogen) atoms. The highest BCUT2D eigenvalue weighted by Crippen LogP contribution is 2.21. The van der Waals surface area contributed by atoms with Crippen molar-refractivity contribution in [1.82, 2.24) is 33.7 Å². The number of benzene rings is 1. The van der Waals surface area contributed by atoms with Crippen molar-refractivity contribution >= 4 is 16.1 Å². The van der Waals surface area contributed by atoms with Gasteiger partial charge >= 0.3 is 0 Å². The van der Waals surface area contributed by atoms with Gasteiger partial charge in [0.1, 0.15) is 6.33 Å². The van der Waals surface area contributed by atoms with Crippen LogP contribution >= 0.6 is 0 Å². The van der Waals surface area contributed by atoms with Gasteiger partial charge in [0.25, 0.3) is 16.1 Å². The van der Waals surface area contributed by atoms with Crippen LogP contribution < -0.4 is 0 Å². The molecule has 2 aliphatic rings. The third-order valence-corrected chi connectivity index (χ3v) is 7.26. The summed E-state index contributed by atoms with van der Waals surface area (Å²) in [7, 11) is -3.59. The van der Waals surface area contributed by atoms with Gasteiger partial charge in [-0.1, -0.05) is 12.1 Å². The Kier molecular flexibility index (Phi) is 5.82. The second kappa shape index (κ2) is 8.38. The van der Waals surface area contributed by atoms with E-state index in [2.05, 4.69) is 15.5 Å². The molecule has 2 atom stereocenters. The summed E-state index contributed by atoms with van der Waals surface area (Å²) in [4.78, 5) is 14.8. The SMILES string of the molecule is CC1CN(S(=O)(=O)N2CCN(C(=O)c3ccccc3-n3cnnn3)CC2)CC(C)O1. The maximum Gasteiger partial charge on any atom is 0.282 e. The minimum atomic E-state index is -3.59. The molecular formula is C18H25N7O4S. The largest absolute Gasteiger partial charge is 0.373 e. The number of ether oxygens (including phenoxy) is 1. The fourth-order valence-electron chi connectivity index (χ4n) is 3.90. The first-order valence-corrected chi connectivity index (χ1v) is 11.3. The number of nitrogens with zero attached hydrogens (tertiary/aromatic N) is 7. The standard InChI is InChI=1S/C18H25N7O4S/c1-14-11-24(12-15(2)29-14)30(27,28)23-9-7-22(8-10-23)18(26)16-5-3-4-6-17(16)25-13-19-20-21-25/h3-6,13-15H,7-12H2,1-2H3. The van der Waals surface area contributed by atoms with Gasteiger partial charge in [-0.25, -0.2) is 0 Å². The van der Waals surface area contributed by atoms with Crippen LogP contribution in [-0.4, -0.2) is 99.5 Å². The number of hydrogen-bond acceptors (Lipinski definition) is 7. The van der Waals surface area contributed by atoms with Gasteiger partial charge < -0.3 is 9.64 Å². The molecule has 0 radical (unpaired) electrons. The number of morpholine rings is 1. The van der Waals surface area contributed by atoms with Crippen molar-refractivity contribution in [1.29, 1.82) is 0 Å². The van der Waals surface area contributed by atoms with Crippen LogP contribution in [0, 0.1) is 0 Å². The van der Waals surface area contributed by atoms with E-state index < -0.39 is 10.2 Å². The van der Waals surface area contributed by atoms with Crippen molar-refractivity contribution in [2.45, 2.75) is 26.1 Å². The fraction of sp³-hybridized carbons (Fsp3) is 0.556. The Morgan fingerprint density at radius 2 is 1.70 bits per heavy atom. The number of para-hydroxylation sites is 1. The number of aromatic nitrogens is 4. The molecule has 0 saturated carbocycles. The molecule has 12 heteroatoms. The van der Waals surface area contributed by atoms with E-state index in [-0.39, 0.29) is 31.2 Å². The average Bonchev–Trinajstić information content (AvgIpc) is 3.27. The first-order chi connectivity index (χ1) is 14.4. The van der Waals surface area contributed by atoms with Crippen molar-refractivity contribution in [3.8, 4) is 5.69 Å². The molecular weight excluding hydrogens is 410 g/mol. The summed E-state index contributed by atoms with van der Waals surface area (Å²) in [5, 5.41) is 11.1. The molecule has 1 amide bonds. The monoisotopic (exact) mass is 435 g/mol. The Morgan fingerprint density at radius 3 is 2.33 bits per heavy atom. The maximum atomic E-state index is 13.1. The van der Waals surface area contributed by atoms with E-state index >= 15 is 0 Å². The van der Waals surface area contributed by atoms with Crippen molar-refractivity contribution in [2.24, 2.45) is 0 Å². The zero-order valence-corrected chi connectivity index (χ0v) is 17.8. The Labute approximate surface area is 175 Å². The zero-order chi connectivity index (χ0) is 21.3. The quantitative estimate of drug-likeness (QED) is 0.652. The van der Waals surface area contributed by atoms with Crippen LogP contribution in [0.3, 0.4) is 0 Å². The van der Waals surface area contributed by atoms with Crippen LogP contribution in [0.4, 0.5) is 0 Å². The van der Waals surface area contributed by atoms with Gasteiger partial charge in [0.2, 0.25) is 0 Å². The van der Waals surface area contributed by atoms with Crippen molar-refractivity contribution in [3.05, 3.63) is 36.2 Å². The highest BCUT2D eigenvalue weighted by atomic mass is 32.2. The van der Waals surface area contributed by atoms with E-state index in [0.717, 1.165) is 0 Å². The molecule has 4 rings (SSSR count). The lowest BCUT2D eigenvalue weighted by atomic mass is 10.1. The van der Waals surface area contributed by atoms with Gasteiger partial charge in [-0.3, -0.25) is 4.79 Å². The number of piperazine rings is 1. The van der Waals surface area contributed by atoms with Crippen LogP contribution in [0.5, 0.6) is 0 Å². The minimum Gasteiger partial charge on any atom is -0.373 e. The molecule has 162 valence electrons. The Balaban J connectivity index is 1.45. The molecule has 2 fully saturated rings. The van der Waals surface area contributed by atoms with E-state index in [4.69, 9.17) is 4.74 Å². The molecule has 0 spiro atoms. The molecule has 1 aromatic heterocycles. The third-order valence-electron chi connectivity index (χ3n) is 5.29. The Hall–Kier alpha value is -2.41. The predicted octanol–water partition coefficient (Wildman–Crippen LogP) is -0.226. The van der Waals surface area contributed by atoms with Gasteiger partial charge in [-0.05, 0) is 36.4 Å². The van der Waals surface area contributed by atoms with E-state index in [0.29, 0.717) is 37.4 Å². The lowest BCUT2D eigenvalue weighted by molar-refractivity contribution is -0.0457. The first kappa shape index (κ1) is 20.8.